The van der Waals surface area contributed by atoms with Gasteiger partial charge in [-0.25, -0.2) is 0 Å². The van der Waals surface area contributed by atoms with Crippen LogP contribution in [0.4, 0.5) is 0 Å². The van der Waals surface area contributed by atoms with Gasteiger partial charge in [-0.05, 0) is 18.4 Å². The molecule has 0 saturated heterocycles. The third-order valence-corrected chi connectivity index (χ3v) is 1.36. The molecule has 0 unspecified atom stereocenters. The van der Waals surface area contributed by atoms with Gasteiger partial charge in [0.2, 0.25) is 0 Å². The van der Waals surface area contributed by atoms with Gasteiger partial charge >= 0.3 is 0 Å². The molecule has 0 aliphatic heterocycles. The van der Waals surface area contributed by atoms with Gasteiger partial charge in [0.15, 0.2) is 0 Å². The Hall–Kier alpha value is -0.810. The van der Waals surface area contributed by atoms with Gasteiger partial charge in [-0.2, -0.15) is 0 Å². The van der Waals surface area contributed by atoms with Crippen LogP contribution in [0, 0.1) is 0 Å². The first-order valence-corrected chi connectivity index (χ1v) is 3.68. The first kappa shape index (κ1) is 11.2. The predicted octanol–water partition coefficient (Wildman–Crippen LogP) is -0.209. The van der Waals surface area contributed by atoms with Crippen LogP contribution in [0.2, 0.25) is 0 Å². The summed E-state index contributed by atoms with van der Waals surface area (Å²) >= 11 is 0. The highest BCUT2D eigenvalue weighted by atomic mass is 16.3. The first-order chi connectivity index (χ1) is 5.70. The lowest BCUT2D eigenvalue weighted by molar-refractivity contribution is 0.0680. The fraction of sp³-hybridized carbons (Fsp3) is 1.00. The van der Waals surface area contributed by atoms with E-state index in [0.29, 0.717) is 0 Å². The number of aliphatic hydroxyl groups excluding tert-OH is 3. The maximum Gasteiger partial charge on any atom is 0.0621 e. The standard InChI is InChI=1S/C6H13N3O3/c7-9-8-4-6(12)3-5(11)1-2-10/h5-6,10-12H,1-4H2/t5-,6+/m1/s1. The Morgan fingerprint density at radius 2 is 2.00 bits per heavy atom. The average Bonchev–Trinajstić information content (AvgIpc) is 2.01. The third-order valence-electron chi connectivity index (χ3n) is 1.36. The van der Waals surface area contributed by atoms with Crippen LogP contribution in [0.5, 0.6) is 0 Å². The zero-order chi connectivity index (χ0) is 9.40. The smallest absolute Gasteiger partial charge is 0.0621 e. The van der Waals surface area contributed by atoms with Gasteiger partial charge in [0.05, 0.1) is 18.8 Å². The van der Waals surface area contributed by atoms with E-state index in [1.165, 1.54) is 0 Å². The van der Waals surface area contributed by atoms with Crippen molar-refractivity contribution in [3.8, 4) is 0 Å². The van der Waals surface area contributed by atoms with Gasteiger partial charge in [0.1, 0.15) is 0 Å². The molecule has 0 aliphatic rings. The minimum atomic E-state index is -0.831. The van der Waals surface area contributed by atoms with E-state index >= 15 is 0 Å². The van der Waals surface area contributed by atoms with Crippen LogP contribution < -0.4 is 0 Å². The van der Waals surface area contributed by atoms with E-state index in [0.717, 1.165) is 0 Å². The number of azide groups is 1. The van der Waals surface area contributed by atoms with E-state index < -0.39 is 12.2 Å². The molecule has 0 bridgehead atoms. The topological polar surface area (TPSA) is 109 Å². The molecule has 0 aliphatic carbocycles. The molecule has 0 aromatic rings. The van der Waals surface area contributed by atoms with Crippen LogP contribution in [0.25, 0.3) is 10.4 Å². The molecule has 3 N–H and O–H groups in total. The van der Waals surface area contributed by atoms with Crippen LogP contribution in [-0.2, 0) is 0 Å². The van der Waals surface area contributed by atoms with Crippen molar-refractivity contribution in [1.29, 1.82) is 0 Å². The summed E-state index contributed by atoms with van der Waals surface area (Å²) in [5, 5.41) is 29.7. The highest BCUT2D eigenvalue weighted by Crippen LogP contribution is 2.02. The molecular weight excluding hydrogens is 162 g/mol. The highest BCUT2D eigenvalue weighted by Gasteiger charge is 2.09. The fourth-order valence-electron chi connectivity index (χ4n) is 0.786. The molecular formula is C6H13N3O3. The molecule has 12 heavy (non-hydrogen) atoms. The van der Waals surface area contributed by atoms with E-state index in [2.05, 4.69) is 10.0 Å². The number of rotatable bonds is 6. The van der Waals surface area contributed by atoms with E-state index in [-0.39, 0.29) is 26.0 Å². The molecule has 0 saturated carbocycles. The lowest BCUT2D eigenvalue weighted by Gasteiger charge is -2.12. The predicted molar refractivity (Wildman–Crippen MR) is 42.3 cm³/mol. The largest absolute Gasteiger partial charge is 0.396 e. The molecule has 0 spiro atoms. The summed E-state index contributed by atoms with van der Waals surface area (Å²) in [5.41, 5.74) is 7.90. The Morgan fingerprint density at radius 3 is 2.50 bits per heavy atom. The molecule has 70 valence electrons. The minimum absolute atomic E-state index is 0.0427. The van der Waals surface area contributed by atoms with Gasteiger partial charge < -0.3 is 15.3 Å². The molecule has 0 aromatic carbocycles. The summed E-state index contributed by atoms with van der Waals surface area (Å²) in [5.74, 6) is 0. The van der Waals surface area contributed by atoms with Crippen LogP contribution in [0.3, 0.4) is 0 Å². The molecule has 0 amide bonds. The van der Waals surface area contributed by atoms with E-state index in [4.69, 9.17) is 20.9 Å². The maximum atomic E-state index is 9.07. The molecule has 0 heterocycles. The summed E-state index contributed by atoms with van der Waals surface area (Å²) < 4.78 is 0. The van der Waals surface area contributed by atoms with Crippen molar-refractivity contribution in [2.24, 2.45) is 5.11 Å². The Morgan fingerprint density at radius 1 is 1.33 bits per heavy atom. The van der Waals surface area contributed by atoms with Gasteiger partial charge in [0, 0.05) is 11.5 Å². The van der Waals surface area contributed by atoms with Crippen LogP contribution in [-0.4, -0.2) is 40.7 Å². The summed E-state index contributed by atoms with van der Waals surface area (Å²) in [6, 6.07) is 0. The molecule has 6 nitrogen and oxygen atoms in total. The van der Waals surface area contributed by atoms with Crippen LogP contribution in [0.15, 0.2) is 5.11 Å². The zero-order valence-corrected chi connectivity index (χ0v) is 6.67. The quantitative estimate of drug-likeness (QED) is 0.295. The van der Waals surface area contributed by atoms with Gasteiger partial charge in [0.25, 0.3) is 0 Å². The van der Waals surface area contributed by atoms with Gasteiger partial charge in [-0.1, -0.05) is 5.11 Å². The van der Waals surface area contributed by atoms with Crippen LogP contribution in [0.1, 0.15) is 12.8 Å². The van der Waals surface area contributed by atoms with Crippen molar-refractivity contribution >= 4 is 0 Å². The lowest BCUT2D eigenvalue weighted by atomic mass is 10.1. The van der Waals surface area contributed by atoms with Crippen molar-refractivity contribution in [1.82, 2.24) is 0 Å². The Kier molecular flexibility index (Phi) is 6.41. The second-order valence-corrected chi connectivity index (χ2v) is 2.47. The van der Waals surface area contributed by atoms with Crippen LogP contribution >= 0.6 is 0 Å². The average molecular weight is 175 g/mol. The maximum absolute atomic E-state index is 9.07. The Bertz CT molecular complexity index is 158. The molecule has 2 atom stereocenters. The van der Waals surface area contributed by atoms with Gasteiger partial charge in [-0.15, -0.1) is 0 Å². The number of aliphatic hydroxyl groups is 3. The summed E-state index contributed by atoms with van der Waals surface area (Å²) in [6.45, 7) is -0.158. The zero-order valence-electron chi connectivity index (χ0n) is 6.67. The summed E-state index contributed by atoms with van der Waals surface area (Å²) in [7, 11) is 0. The molecule has 0 aromatic heterocycles. The second-order valence-electron chi connectivity index (χ2n) is 2.47. The second kappa shape index (κ2) is 6.87. The Labute approximate surface area is 70.1 Å². The van der Waals surface area contributed by atoms with Crippen molar-refractivity contribution in [3.63, 3.8) is 0 Å². The molecule has 0 radical (unpaired) electrons. The number of hydrogen-bond donors (Lipinski definition) is 3. The summed E-state index contributed by atoms with van der Waals surface area (Å²) in [4.78, 5) is 2.46. The highest BCUT2D eigenvalue weighted by molar-refractivity contribution is 4.65. The van der Waals surface area contributed by atoms with Gasteiger partial charge in [-0.3, -0.25) is 0 Å². The fourth-order valence-corrected chi connectivity index (χ4v) is 0.786. The summed E-state index contributed by atoms with van der Waals surface area (Å²) in [6.07, 6.45) is -1.21. The van der Waals surface area contributed by atoms with Crippen molar-refractivity contribution < 1.29 is 15.3 Å². The molecule has 0 fully saturated rings. The number of nitrogens with zero attached hydrogens (tertiary/aromatic N) is 3. The molecule has 6 heteroatoms. The first-order valence-electron chi connectivity index (χ1n) is 3.68. The minimum Gasteiger partial charge on any atom is -0.396 e. The molecule has 0 rings (SSSR count). The monoisotopic (exact) mass is 175 g/mol. The van der Waals surface area contributed by atoms with E-state index in [1.807, 2.05) is 0 Å². The van der Waals surface area contributed by atoms with Crippen molar-refractivity contribution in [2.75, 3.05) is 13.2 Å². The number of hydrogen-bond acceptors (Lipinski definition) is 4. The normalized spacial score (nSPS) is 14.9. The van der Waals surface area contributed by atoms with E-state index in [1.54, 1.807) is 0 Å². The Balaban J connectivity index is 3.52. The lowest BCUT2D eigenvalue weighted by Crippen LogP contribution is -2.20. The third kappa shape index (κ3) is 5.94. The SMILES string of the molecule is [N-]=[N+]=NC[C@@H](O)C[C@H](O)CCO. The van der Waals surface area contributed by atoms with Crippen molar-refractivity contribution in [2.45, 2.75) is 25.0 Å². The van der Waals surface area contributed by atoms with Crippen molar-refractivity contribution in [3.05, 3.63) is 10.4 Å². The van der Waals surface area contributed by atoms with E-state index in [9.17, 15) is 0 Å².